The number of benzene rings is 2. The number of urea groups is 1. The summed E-state index contributed by atoms with van der Waals surface area (Å²) in [7, 11) is 0. The second-order valence-corrected chi connectivity index (χ2v) is 9.43. The van der Waals surface area contributed by atoms with Gasteiger partial charge in [0, 0.05) is 14.9 Å². The highest BCUT2D eigenvalue weighted by Crippen LogP contribution is 2.37. The van der Waals surface area contributed by atoms with Gasteiger partial charge in [-0.25, -0.2) is 9.69 Å². The van der Waals surface area contributed by atoms with E-state index < -0.39 is 17.8 Å². The van der Waals surface area contributed by atoms with Crippen molar-refractivity contribution in [2.24, 2.45) is 0 Å². The standard InChI is InChI=1S/C22H13BrCl2N2O4S/c1-11-17(25)3-2-4-18(11)27-20(29)15(19(28)26-22(27)30)9-13-10-16(23)21(31-13)32-14-7-5-12(24)6-8-14/h2-10H,1H3,(H,26,28,30)/b15-9+. The zero-order chi connectivity index (χ0) is 23.0. The number of carbonyl (C=O) groups excluding carboxylic acids is 3. The first-order chi connectivity index (χ1) is 15.2. The summed E-state index contributed by atoms with van der Waals surface area (Å²) in [5.74, 6) is -1.32. The van der Waals surface area contributed by atoms with Crippen molar-refractivity contribution in [2.75, 3.05) is 4.90 Å². The Morgan fingerprint density at radius 3 is 2.53 bits per heavy atom. The van der Waals surface area contributed by atoms with Gasteiger partial charge in [0.2, 0.25) is 0 Å². The van der Waals surface area contributed by atoms with Crippen LogP contribution in [0.3, 0.4) is 0 Å². The number of hydrogen-bond donors (Lipinski definition) is 1. The van der Waals surface area contributed by atoms with Gasteiger partial charge >= 0.3 is 6.03 Å². The molecule has 3 aromatic rings. The minimum atomic E-state index is -0.845. The zero-order valence-corrected chi connectivity index (χ0v) is 20.2. The van der Waals surface area contributed by atoms with Crippen LogP contribution in [-0.2, 0) is 9.59 Å². The Bertz CT molecular complexity index is 1290. The van der Waals surface area contributed by atoms with E-state index in [9.17, 15) is 14.4 Å². The maximum atomic E-state index is 13.1. The molecule has 0 bridgehead atoms. The van der Waals surface area contributed by atoms with Gasteiger partial charge in [0.25, 0.3) is 11.8 Å². The molecular weight excluding hydrogens is 539 g/mol. The molecule has 0 aliphatic carbocycles. The Balaban J connectivity index is 1.66. The molecule has 10 heteroatoms. The van der Waals surface area contributed by atoms with Crippen molar-refractivity contribution in [1.82, 2.24) is 5.32 Å². The fourth-order valence-electron chi connectivity index (χ4n) is 2.98. The monoisotopic (exact) mass is 550 g/mol. The van der Waals surface area contributed by atoms with Crippen molar-refractivity contribution in [3.8, 4) is 0 Å². The first kappa shape index (κ1) is 22.7. The van der Waals surface area contributed by atoms with Crippen molar-refractivity contribution >= 4 is 80.5 Å². The smallest absolute Gasteiger partial charge is 0.335 e. The topological polar surface area (TPSA) is 79.6 Å². The third-order valence-corrected chi connectivity index (χ3v) is 7.08. The molecule has 1 aliphatic heterocycles. The Hall–Kier alpha value is -2.52. The predicted octanol–water partition coefficient (Wildman–Crippen LogP) is 6.47. The fourth-order valence-corrected chi connectivity index (χ4v) is 4.60. The van der Waals surface area contributed by atoms with Crippen molar-refractivity contribution in [3.63, 3.8) is 0 Å². The number of nitrogens with zero attached hydrogens (tertiary/aromatic N) is 1. The number of anilines is 1. The van der Waals surface area contributed by atoms with Gasteiger partial charge in [0.15, 0.2) is 5.09 Å². The van der Waals surface area contributed by atoms with Crippen LogP contribution in [0.1, 0.15) is 11.3 Å². The first-order valence-corrected chi connectivity index (χ1v) is 11.5. The molecule has 1 fully saturated rings. The van der Waals surface area contributed by atoms with E-state index in [4.69, 9.17) is 27.6 Å². The lowest BCUT2D eigenvalue weighted by atomic mass is 10.1. The van der Waals surface area contributed by atoms with Crippen molar-refractivity contribution in [1.29, 1.82) is 0 Å². The molecule has 1 aliphatic rings. The number of nitrogens with one attached hydrogen (secondary N) is 1. The van der Waals surface area contributed by atoms with Crippen LogP contribution in [0.15, 0.2) is 73.0 Å². The molecule has 0 saturated carbocycles. The molecule has 1 aromatic heterocycles. The average molecular weight is 552 g/mol. The fraction of sp³-hybridized carbons (Fsp3) is 0.0455. The van der Waals surface area contributed by atoms with E-state index in [2.05, 4.69) is 21.2 Å². The first-order valence-electron chi connectivity index (χ1n) is 9.14. The van der Waals surface area contributed by atoms with E-state index in [0.717, 1.165) is 9.80 Å². The lowest BCUT2D eigenvalue weighted by molar-refractivity contribution is -0.122. The highest BCUT2D eigenvalue weighted by atomic mass is 79.9. The molecule has 6 nitrogen and oxygen atoms in total. The lowest BCUT2D eigenvalue weighted by Crippen LogP contribution is -2.54. The van der Waals surface area contributed by atoms with Crippen LogP contribution in [0.5, 0.6) is 0 Å². The molecule has 32 heavy (non-hydrogen) atoms. The largest absolute Gasteiger partial charge is 0.449 e. The summed E-state index contributed by atoms with van der Waals surface area (Å²) in [6.45, 7) is 1.68. The number of furan rings is 1. The summed E-state index contributed by atoms with van der Waals surface area (Å²) in [5.41, 5.74) is 0.583. The van der Waals surface area contributed by atoms with E-state index in [1.54, 1.807) is 43.3 Å². The van der Waals surface area contributed by atoms with Gasteiger partial charge in [0.1, 0.15) is 11.3 Å². The van der Waals surface area contributed by atoms with Crippen molar-refractivity contribution in [3.05, 3.63) is 79.9 Å². The number of imide groups is 2. The van der Waals surface area contributed by atoms with Gasteiger partial charge in [-0.05, 0) is 77.0 Å². The molecule has 4 rings (SSSR count). The maximum Gasteiger partial charge on any atom is 0.335 e. The van der Waals surface area contributed by atoms with E-state index in [1.807, 2.05) is 12.1 Å². The number of amides is 4. The lowest BCUT2D eigenvalue weighted by Gasteiger charge is -2.27. The van der Waals surface area contributed by atoms with Crippen LogP contribution < -0.4 is 10.2 Å². The van der Waals surface area contributed by atoms with Gasteiger partial charge in [-0.2, -0.15) is 0 Å². The number of hydrogen-bond acceptors (Lipinski definition) is 5. The van der Waals surface area contributed by atoms with Crippen molar-refractivity contribution in [2.45, 2.75) is 16.9 Å². The van der Waals surface area contributed by atoms with Gasteiger partial charge < -0.3 is 4.42 Å². The highest BCUT2D eigenvalue weighted by Gasteiger charge is 2.38. The van der Waals surface area contributed by atoms with Crippen molar-refractivity contribution < 1.29 is 18.8 Å². The molecule has 0 atom stereocenters. The molecule has 1 saturated heterocycles. The summed E-state index contributed by atoms with van der Waals surface area (Å²) in [4.78, 5) is 39.7. The maximum absolute atomic E-state index is 13.1. The second-order valence-electron chi connectivity index (χ2n) is 6.68. The zero-order valence-electron chi connectivity index (χ0n) is 16.3. The minimum absolute atomic E-state index is 0.242. The Morgan fingerprint density at radius 1 is 1.09 bits per heavy atom. The van der Waals surface area contributed by atoms with Gasteiger partial charge in [-0.3, -0.25) is 14.9 Å². The normalized spacial score (nSPS) is 15.4. The van der Waals surface area contributed by atoms with E-state index in [-0.39, 0.29) is 17.0 Å². The number of barbiturate groups is 1. The molecule has 2 heterocycles. The summed E-state index contributed by atoms with van der Waals surface area (Å²) in [6, 6.07) is 12.8. The average Bonchev–Trinajstić information content (AvgIpc) is 3.09. The number of halogens is 3. The quantitative estimate of drug-likeness (QED) is 0.297. The summed E-state index contributed by atoms with van der Waals surface area (Å²) < 4.78 is 6.45. The minimum Gasteiger partial charge on any atom is -0.449 e. The van der Waals surface area contributed by atoms with Crippen LogP contribution in [0.4, 0.5) is 10.5 Å². The van der Waals surface area contributed by atoms with Gasteiger partial charge in [-0.1, -0.05) is 41.0 Å². The third kappa shape index (κ3) is 4.49. The summed E-state index contributed by atoms with van der Waals surface area (Å²) in [5, 5.41) is 3.73. The molecular formula is C22H13BrCl2N2O4S. The Morgan fingerprint density at radius 2 is 1.81 bits per heavy atom. The van der Waals surface area contributed by atoms with Gasteiger partial charge in [-0.15, -0.1) is 0 Å². The number of rotatable bonds is 4. The second kappa shape index (κ2) is 9.15. The molecule has 0 radical (unpaired) electrons. The molecule has 162 valence electrons. The van der Waals surface area contributed by atoms with Crippen LogP contribution in [0, 0.1) is 6.92 Å². The summed E-state index contributed by atoms with van der Waals surface area (Å²) >= 11 is 16.8. The molecule has 2 aromatic carbocycles. The van der Waals surface area contributed by atoms with Crippen LogP contribution in [0.25, 0.3) is 6.08 Å². The van der Waals surface area contributed by atoms with Crippen LogP contribution in [0.2, 0.25) is 10.0 Å². The van der Waals surface area contributed by atoms with Crippen LogP contribution in [-0.4, -0.2) is 17.8 Å². The summed E-state index contributed by atoms with van der Waals surface area (Å²) in [6.07, 6.45) is 1.30. The van der Waals surface area contributed by atoms with E-state index >= 15 is 0 Å². The Labute approximate surface area is 205 Å². The highest BCUT2D eigenvalue weighted by molar-refractivity contribution is 9.10. The van der Waals surface area contributed by atoms with Gasteiger partial charge in [0.05, 0.1) is 10.2 Å². The Kier molecular flexibility index (Phi) is 6.48. The third-order valence-electron chi connectivity index (χ3n) is 4.57. The number of carbonyl (C=O) groups is 3. The molecule has 1 N–H and O–H groups in total. The van der Waals surface area contributed by atoms with E-state index in [1.165, 1.54) is 17.8 Å². The van der Waals surface area contributed by atoms with Crippen LogP contribution >= 0.6 is 50.9 Å². The molecule has 4 amide bonds. The SMILES string of the molecule is Cc1c(Cl)cccc1N1C(=O)NC(=O)/C(=C\c2cc(Br)c(Sc3ccc(Cl)cc3)o2)C1=O. The van der Waals surface area contributed by atoms with E-state index in [0.29, 0.717) is 25.2 Å². The molecule has 0 spiro atoms. The molecule has 0 unspecified atom stereocenters. The predicted molar refractivity (Wildman–Crippen MR) is 127 cm³/mol.